The van der Waals surface area contributed by atoms with Gasteiger partial charge in [-0.1, -0.05) is 79.3 Å². The van der Waals surface area contributed by atoms with Gasteiger partial charge in [0.2, 0.25) is 5.78 Å². The van der Waals surface area contributed by atoms with Crippen molar-refractivity contribution in [3.05, 3.63) is 77.0 Å². The van der Waals surface area contributed by atoms with Crippen LogP contribution in [0.15, 0.2) is 58.9 Å². The normalized spacial score (nSPS) is 18.5. The van der Waals surface area contributed by atoms with Gasteiger partial charge in [-0.05, 0) is 24.0 Å². The van der Waals surface area contributed by atoms with E-state index in [1.165, 1.54) is 25.2 Å². The average Bonchev–Trinajstić information content (AvgIpc) is 3.43. The number of rotatable bonds is 7. The number of nitrogens with zero attached hydrogens (tertiary/aromatic N) is 3. The Balaban J connectivity index is 1.84. The number of thiazole rings is 1. The molecule has 1 aliphatic heterocycles. The van der Waals surface area contributed by atoms with Crippen LogP contribution >= 0.6 is 11.3 Å². The quantitative estimate of drug-likeness (QED) is 0.263. The molecule has 2 atom stereocenters. The number of ketones is 2. The van der Waals surface area contributed by atoms with Crippen LogP contribution in [-0.2, 0) is 19.6 Å². The Hall–Kier alpha value is -3.21. The smallest absolute Gasteiger partial charge is 0.293 e. The Morgan fingerprint density at radius 2 is 1.64 bits per heavy atom. The molecule has 0 N–H and O–H groups in total. The molecule has 8 nitrogen and oxygen atoms in total. The minimum absolute atomic E-state index is 0.0471. The van der Waals surface area contributed by atoms with Gasteiger partial charge in [0.1, 0.15) is 5.92 Å². The van der Waals surface area contributed by atoms with Crippen molar-refractivity contribution in [2.45, 2.75) is 36.9 Å². The van der Waals surface area contributed by atoms with Gasteiger partial charge in [0.15, 0.2) is 15.1 Å². The molecule has 36 heavy (non-hydrogen) atoms. The fraction of sp³-hybridized carbons (Fsp3) is 0.308. The predicted octanol–water partition coefficient (Wildman–Crippen LogP) is 3.98. The molecule has 0 aliphatic carbocycles. The summed E-state index contributed by atoms with van der Waals surface area (Å²) in [4.78, 5) is 45.5. The van der Waals surface area contributed by atoms with Gasteiger partial charge in [0, 0.05) is 19.7 Å². The van der Waals surface area contributed by atoms with Crippen molar-refractivity contribution >= 4 is 44.0 Å². The van der Waals surface area contributed by atoms with Gasteiger partial charge in [-0.2, -0.15) is 0 Å². The summed E-state index contributed by atoms with van der Waals surface area (Å²) in [5.41, 5.74) is 2.94. The number of aromatic nitrogens is 1. The standard InChI is InChI=1S/C26H27N3O5S2/c1-15(2)17-10-12-18(13-11-17)22-21(23(30)19-8-6-16(3)7-9-19)24(31)25(32)29(22)26-27-14-20(35-26)36(33,34)28(4)5/h6-15,21-22H,1-5H3. The van der Waals surface area contributed by atoms with Gasteiger partial charge in [-0.3, -0.25) is 19.3 Å². The minimum atomic E-state index is -3.79. The first-order valence-electron chi connectivity index (χ1n) is 11.4. The molecule has 0 bridgehead atoms. The summed E-state index contributed by atoms with van der Waals surface area (Å²) in [5, 5.41) is 0.0471. The number of hydrogen-bond acceptors (Lipinski definition) is 7. The number of Topliss-reactive ketones (excluding diaryl/α,β-unsaturated/α-hetero) is 2. The number of benzene rings is 2. The Kier molecular flexibility index (Phi) is 6.96. The van der Waals surface area contributed by atoms with Crippen LogP contribution in [0.5, 0.6) is 0 Å². The lowest BCUT2D eigenvalue weighted by atomic mass is 9.85. The fourth-order valence-corrected chi connectivity index (χ4v) is 6.44. The minimum Gasteiger partial charge on any atom is -0.293 e. The van der Waals surface area contributed by atoms with Crippen LogP contribution in [0.2, 0.25) is 0 Å². The molecule has 10 heteroatoms. The largest absolute Gasteiger partial charge is 0.297 e. The highest BCUT2D eigenvalue weighted by Gasteiger charge is 2.53. The van der Waals surface area contributed by atoms with E-state index in [0.717, 1.165) is 26.8 Å². The zero-order chi connectivity index (χ0) is 26.4. The van der Waals surface area contributed by atoms with E-state index in [4.69, 9.17) is 0 Å². The van der Waals surface area contributed by atoms with E-state index in [1.54, 1.807) is 36.4 Å². The average molecular weight is 526 g/mol. The van der Waals surface area contributed by atoms with Gasteiger partial charge in [0.05, 0.1) is 12.2 Å². The highest BCUT2D eigenvalue weighted by Crippen LogP contribution is 2.43. The van der Waals surface area contributed by atoms with Crippen molar-refractivity contribution in [1.82, 2.24) is 9.29 Å². The number of anilines is 1. The van der Waals surface area contributed by atoms with Crippen LogP contribution < -0.4 is 4.90 Å². The summed E-state index contributed by atoms with van der Waals surface area (Å²) >= 11 is 0.790. The highest BCUT2D eigenvalue weighted by molar-refractivity contribution is 7.91. The van der Waals surface area contributed by atoms with Gasteiger partial charge in [-0.15, -0.1) is 0 Å². The van der Waals surface area contributed by atoms with E-state index in [2.05, 4.69) is 18.8 Å². The number of carbonyl (C=O) groups excluding carboxylic acids is 3. The van der Waals surface area contributed by atoms with Crippen LogP contribution in [0.3, 0.4) is 0 Å². The Morgan fingerprint density at radius 3 is 2.19 bits per heavy atom. The van der Waals surface area contributed by atoms with Crippen molar-refractivity contribution in [3.8, 4) is 0 Å². The number of sulfonamides is 1. The molecule has 2 aromatic carbocycles. The lowest BCUT2D eigenvalue weighted by Gasteiger charge is -2.25. The molecular formula is C26H27N3O5S2. The van der Waals surface area contributed by atoms with Crippen molar-refractivity contribution < 1.29 is 22.8 Å². The number of hydrogen-bond donors (Lipinski definition) is 0. The number of carbonyl (C=O) groups is 3. The Morgan fingerprint density at radius 1 is 1.03 bits per heavy atom. The molecule has 188 valence electrons. The predicted molar refractivity (Wildman–Crippen MR) is 138 cm³/mol. The van der Waals surface area contributed by atoms with Gasteiger partial charge in [0.25, 0.3) is 15.9 Å². The lowest BCUT2D eigenvalue weighted by Crippen LogP contribution is -2.30. The molecular weight excluding hydrogens is 498 g/mol. The Labute approximate surface area is 214 Å². The third-order valence-electron chi connectivity index (χ3n) is 6.28. The first-order valence-corrected chi connectivity index (χ1v) is 13.7. The molecule has 0 spiro atoms. The van der Waals surface area contributed by atoms with Crippen LogP contribution in [0.25, 0.3) is 0 Å². The second kappa shape index (κ2) is 9.68. The van der Waals surface area contributed by atoms with E-state index < -0.39 is 39.5 Å². The van der Waals surface area contributed by atoms with E-state index in [-0.39, 0.29) is 15.3 Å². The van der Waals surface area contributed by atoms with E-state index in [0.29, 0.717) is 11.1 Å². The molecule has 1 aliphatic rings. The van der Waals surface area contributed by atoms with Crippen LogP contribution in [-0.4, -0.2) is 49.3 Å². The van der Waals surface area contributed by atoms with E-state index >= 15 is 0 Å². The second-order valence-corrected chi connectivity index (χ2v) is 12.7. The van der Waals surface area contributed by atoms with Crippen LogP contribution in [0.4, 0.5) is 5.13 Å². The topological polar surface area (TPSA) is 105 Å². The molecule has 4 rings (SSSR count). The third kappa shape index (κ3) is 4.52. The summed E-state index contributed by atoms with van der Waals surface area (Å²) in [5.74, 6) is -3.22. The number of amides is 1. The van der Waals surface area contributed by atoms with Crippen molar-refractivity contribution in [2.75, 3.05) is 19.0 Å². The van der Waals surface area contributed by atoms with E-state index in [9.17, 15) is 22.8 Å². The summed E-state index contributed by atoms with van der Waals surface area (Å²) in [6.45, 7) is 5.99. The maximum atomic E-state index is 13.6. The van der Waals surface area contributed by atoms with Crippen molar-refractivity contribution in [3.63, 3.8) is 0 Å². The maximum Gasteiger partial charge on any atom is 0.297 e. The van der Waals surface area contributed by atoms with Crippen molar-refractivity contribution in [1.29, 1.82) is 0 Å². The highest BCUT2D eigenvalue weighted by atomic mass is 32.2. The zero-order valence-electron chi connectivity index (χ0n) is 20.6. The van der Waals surface area contributed by atoms with Crippen molar-refractivity contribution in [2.24, 2.45) is 5.92 Å². The summed E-state index contributed by atoms with van der Waals surface area (Å²) < 4.78 is 26.2. The monoisotopic (exact) mass is 525 g/mol. The fourth-order valence-electron chi connectivity index (χ4n) is 4.12. The molecule has 1 amide bonds. The molecule has 2 unspecified atom stereocenters. The Bertz CT molecular complexity index is 1420. The van der Waals surface area contributed by atoms with Gasteiger partial charge < -0.3 is 0 Å². The first-order chi connectivity index (χ1) is 16.9. The summed E-state index contributed by atoms with van der Waals surface area (Å²) in [6, 6.07) is 13.3. The third-order valence-corrected chi connectivity index (χ3v) is 9.53. The SMILES string of the molecule is Cc1ccc(C(=O)C2C(=O)C(=O)N(c3ncc(S(=O)(=O)N(C)C)s3)C2c2ccc(C(C)C)cc2)cc1. The second-order valence-electron chi connectivity index (χ2n) is 9.26. The summed E-state index contributed by atoms with van der Waals surface area (Å²) in [6.07, 6.45) is 1.17. The van der Waals surface area contributed by atoms with Gasteiger partial charge in [-0.25, -0.2) is 17.7 Å². The number of aryl methyl sites for hydroxylation is 1. The molecule has 2 heterocycles. The molecule has 1 aromatic heterocycles. The molecule has 1 fully saturated rings. The van der Waals surface area contributed by atoms with Gasteiger partial charge >= 0.3 is 0 Å². The molecule has 3 aromatic rings. The van der Waals surface area contributed by atoms with Crippen LogP contribution in [0, 0.1) is 12.8 Å². The lowest BCUT2D eigenvalue weighted by molar-refractivity contribution is -0.135. The maximum absolute atomic E-state index is 13.6. The summed E-state index contributed by atoms with van der Waals surface area (Å²) in [7, 11) is -0.996. The van der Waals surface area contributed by atoms with Crippen LogP contribution in [0.1, 0.15) is 52.9 Å². The first kappa shape index (κ1) is 25.9. The molecule has 1 saturated heterocycles. The van der Waals surface area contributed by atoms with E-state index in [1.807, 2.05) is 19.1 Å². The molecule has 0 saturated carbocycles. The molecule has 0 radical (unpaired) electrons. The zero-order valence-corrected chi connectivity index (χ0v) is 22.3.